The van der Waals surface area contributed by atoms with Gasteiger partial charge in [-0.25, -0.2) is 0 Å². The summed E-state index contributed by atoms with van der Waals surface area (Å²) < 4.78 is 0. The number of rotatable bonds is 7. The Labute approximate surface area is 229 Å². The van der Waals surface area contributed by atoms with Crippen LogP contribution in [0.2, 0.25) is 0 Å². The van der Waals surface area contributed by atoms with E-state index in [-0.39, 0.29) is 5.92 Å². The van der Waals surface area contributed by atoms with Crippen molar-refractivity contribution in [3.8, 4) is 23.3 Å². The molecule has 2 N–H and O–H groups in total. The van der Waals surface area contributed by atoms with Gasteiger partial charge in [-0.15, -0.1) is 6.58 Å². The molecule has 2 unspecified atom stereocenters. The minimum Gasteiger partial charge on any atom is -0.388 e. The molecule has 3 aromatic carbocycles. The van der Waals surface area contributed by atoms with Gasteiger partial charge in [-0.1, -0.05) is 76.2 Å². The van der Waals surface area contributed by atoms with Gasteiger partial charge in [-0.3, -0.25) is 4.99 Å². The highest BCUT2D eigenvalue weighted by atomic mass is 14.9. The van der Waals surface area contributed by atoms with Gasteiger partial charge in [-0.05, 0) is 84.7 Å². The van der Waals surface area contributed by atoms with Crippen molar-refractivity contribution in [2.24, 2.45) is 10.7 Å². The number of amidine groups is 1. The molecule has 0 heterocycles. The monoisotopic (exact) mass is 504 g/mol. The first kappa shape index (κ1) is 30.1. The van der Waals surface area contributed by atoms with Crippen LogP contribution in [-0.4, -0.2) is 5.84 Å². The largest absolute Gasteiger partial charge is 0.388 e. The Morgan fingerprint density at radius 3 is 2.00 bits per heavy atom. The van der Waals surface area contributed by atoms with Gasteiger partial charge < -0.3 is 5.73 Å². The van der Waals surface area contributed by atoms with Gasteiger partial charge in [0.1, 0.15) is 0 Å². The summed E-state index contributed by atoms with van der Waals surface area (Å²) in [6.07, 6.45) is 4.48. The molecular formula is C34H40N4. The molecule has 0 radical (unpaired) electrons. The van der Waals surface area contributed by atoms with Crippen LogP contribution in [0.3, 0.4) is 0 Å². The minimum absolute atomic E-state index is 0.102. The Hall–Kier alpha value is -4.15. The molecule has 0 aromatic heterocycles. The molecule has 4 nitrogen and oxygen atoms in total. The molecule has 4 heteroatoms. The summed E-state index contributed by atoms with van der Waals surface area (Å²) >= 11 is 0. The molecule has 2 atom stereocenters. The molecule has 0 saturated heterocycles. The van der Waals surface area contributed by atoms with Crippen LogP contribution in [0.4, 0.5) is 0 Å². The molecule has 3 aromatic rings. The zero-order valence-electron chi connectivity index (χ0n) is 23.6. The standard InChI is InChI=1S/C30H28N4.2C2H6/c1-4-29(25-12-10-24(11-13-25)23-8-9-23)30(3,34-20(2)33)28-7-5-6-26(17-28)27-15-21(18-31)14-22(16-27)19-32;2*1-2/h4-7,10-17,23,29H,1,8-9H2,2-3H3,(H2,33,34);2*1-2H3. The molecule has 0 amide bonds. The number of nitriles is 2. The number of hydrogen-bond donors (Lipinski definition) is 1. The molecule has 0 spiro atoms. The summed E-state index contributed by atoms with van der Waals surface area (Å²) in [6, 6.07) is 26.4. The van der Waals surface area contributed by atoms with Crippen molar-refractivity contribution >= 4 is 5.84 Å². The Bertz CT molecular complexity index is 1300. The Balaban J connectivity index is 0.00000121. The van der Waals surface area contributed by atoms with Crippen molar-refractivity contribution in [2.45, 2.75) is 71.8 Å². The average Bonchev–Trinajstić information content (AvgIpc) is 3.81. The predicted molar refractivity (Wildman–Crippen MR) is 160 cm³/mol. The van der Waals surface area contributed by atoms with E-state index >= 15 is 0 Å². The summed E-state index contributed by atoms with van der Waals surface area (Å²) in [5, 5.41) is 18.8. The van der Waals surface area contributed by atoms with E-state index in [1.165, 1.54) is 18.4 Å². The summed E-state index contributed by atoms with van der Waals surface area (Å²) in [4.78, 5) is 4.92. The lowest BCUT2D eigenvalue weighted by atomic mass is 9.75. The summed E-state index contributed by atoms with van der Waals surface area (Å²) in [7, 11) is 0. The second-order valence-electron chi connectivity index (χ2n) is 9.16. The molecule has 1 saturated carbocycles. The van der Waals surface area contributed by atoms with E-state index in [1.54, 1.807) is 25.1 Å². The fourth-order valence-electron chi connectivity index (χ4n) is 4.70. The van der Waals surface area contributed by atoms with E-state index in [1.807, 2.05) is 52.0 Å². The number of nitrogens with two attached hydrogens (primary N) is 1. The van der Waals surface area contributed by atoms with Crippen molar-refractivity contribution in [1.29, 1.82) is 10.5 Å². The zero-order chi connectivity index (χ0) is 28.3. The van der Waals surface area contributed by atoms with Crippen molar-refractivity contribution in [3.05, 3.63) is 107 Å². The fourth-order valence-corrected chi connectivity index (χ4v) is 4.70. The summed E-state index contributed by atoms with van der Waals surface area (Å²) in [6.45, 7) is 16.0. The topological polar surface area (TPSA) is 86.0 Å². The number of hydrogen-bond acceptors (Lipinski definition) is 3. The second kappa shape index (κ2) is 14.0. The number of benzene rings is 3. The van der Waals surface area contributed by atoms with E-state index in [9.17, 15) is 10.5 Å². The maximum atomic E-state index is 9.40. The molecule has 1 aliphatic carbocycles. The van der Waals surface area contributed by atoms with E-state index < -0.39 is 5.54 Å². The highest BCUT2D eigenvalue weighted by Gasteiger charge is 2.36. The van der Waals surface area contributed by atoms with Crippen LogP contribution in [0, 0.1) is 22.7 Å². The minimum atomic E-state index is -0.692. The molecule has 1 fully saturated rings. The Morgan fingerprint density at radius 2 is 1.53 bits per heavy atom. The van der Waals surface area contributed by atoms with E-state index in [0.717, 1.165) is 22.3 Å². The average molecular weight is 505 g/mol. The van der Waals surface area contributed by atoms with Gasteiger partial charge >= 0.3 is 0 Å². The van der Waals surface area contributed by atoms with E-state index in [2.05, 4.69) is 56.0 Å². The fraction of sp³-hybridized carbons (Fsp3) is 0.324. The first-order chi connectivity index (χ1) is 18.4. The van der Waals surface area contributed by atoms with Crippen LogP contribution >= 0.6 is 0 Å². The SMILES string of the molecule is C=CC(c1ccc(C2CC2)cc1)C(C)(N=C(C)N)c1cccc(-c2cc(C#N)cc(C#N)c2)c1.CC.CC. The molecule has 1 aliphatic rings. The summed E-state index contributed by atoms with van der Waals surface area (Å²) in [5.41, 5.74) is 11.6. The van der Waals surface area contributed by atoms with Gasteiger partial charge in [0.05, 0.1) is 34.6 Å². The predicted octanol–water partition coefficient (Wildman–Crippen LogP) is 8.59. The third-order valence-corrected chi connectivity index (χ3v) is 6.57. The maximum Gasteiger partial charge on any atom is 0.0992 e. The van der Waals surface area contributed by atoms with Crippen molar-refractivity contribution in [3.63, 3.8) is 0 Å². The first-order valence-corrected chi connectivity index (χ1v) is 13.5. The van der Waals surface area contributed by atoms with Gasteiger partial charge in [0, 0.05) is 5.92 Å². The van der Waals surface area contributed by atoms with Crippen LogP contribution in [0.5, 0.6) is 0 Å². The molecular weight excluding hydrogens is 464 g/mol. The highest BCUT2D eigenvalue weighted by Crippen LogP contribution is 2.44. The smallest absolute Gasteiger partial charge is 0.0992 e. The van der Waals surface area contributed by atoms with Crippen molar-refractivity contribution in [2.75, 3.05) is 0 Å². The van der Waals surface area contributed by atoms with Crippen molar-refractivity contribution < 1.29 is 0 Å². The Morgan fingerprint density at radius 1 is 0.947 bits per heavy atom. The molecule has 196 valence electrons. The second-order valence-corrected chi connectivity index (χ2v) is 9.16. The van der Waals surface area contributed by atoms with Gasteiger partial charge in [0.15, 0.2) is 0 Å². The lowest BCUT2D eigenvalue weighted by Crippen LogP contribution is -2.30. The van der Waals surface area contributed by atoms with Gasteiger partial charge in [0.2, 0.25) is 0 Å². The van der Waals surface area contributed by atoms with E-state index in [0.29, 0.717) is 22.9 Å². The zero-order valence-corrected chi connectivity index (χ0v) is 23.6. The molecule has 4 rings (SSSR count). The van der Waals surface area contributed by atoms with Crippen LogP contribution in [-0.2, 0) is 5.54 Å². The quantitative estimate of drug-likeness (QED) is 0.198. The van der Waals surface area contributed by atoms with Crippen LogP contribution in [0.15, 0.2) is 84.4 Å². The number of nitrogens with zero attached hydrogens (tertiary/aromatic N) is 3. The third-order valence-electron chi connectivity index (χ3n) is 6.57. The normalized spacial score (nSPS) is 14.7. The lowest BCUT2D eigenvalue weighted by Gasteiger charge is -2.34. The van der Waals surface area contributed by atoms with Crippen LogP contribution in [0.1, 0.15) is 94.0 Å². The molecule has 38 heavy (non-hydrogen) atoms. The Kier molecular flexibility index (Phi) is 11.1. The van der Waals surface area contributed by atoms with E-state index in [4.69, 9.17) is 10.7 Å². The van der Waals surface area contributed by atoms with Crippen molar-refractivity contribution in [1.82, 2.24) is 0 Å². The number of aliphatic imine (C=N–C) groups is 1. The molecule has 0 aliphatic heterocycles. The third kappa shape index (κ3) is 6.99. The van der Waals surface area contributed by atoms with Crippen LogP contribution in [0.25, 0.3) is 11.1 Å². The van der Waals surface area contributed by atoms with Crippen LogP contribution < -0.4 is 5.73 Å². The highest BCUT2D eigenvalue weighted by molar-refractivity contribution is 5.78. The first-order valence-electron chi connectivity index (χ1n) is 13.5. The summed E-state index contributed by atoms with van der Waals surface area (Å²) in [5.74, 6) is 1.09. The maximum absolute atomic E-state index is 9.40. The lowest BCUT2D eigenvalue weighted by molar-refractivity contribution is 0.445. The van der Waals surface area contributed by atoms with Gasteiger partial charge in [-0.2, -0.15) is 10.5 Å². The van der Waals surface area contributed by atoms with Gasteiger partial charge in [0.25, 0.3) is 0 Å². The molecule has 0 bridgehead atoms.